The first-order valence-electron chi connectivity index (χ1n) is 9.09. The second-order valence-electron chi connectivity index (χ2n) is 7.27. The van der Waals surface area contributed by atoms with Gasteiger partial charge in [-0.1, -0.05) is 11.3 Å². The third kappa shape index (κ3) is 6.00. The molecule has 150 valence electrons. The van der Waals surface area contributed by atoms with Gasteiger partial charge < -0.3 is 19.9 Å². The third-order valence-electron chi connectivity index (χ3n) is 4.17. The summed E-state index contributed by atoms with van der Waals surface area (Å²) in [6.45, 7) is 7.23. The lowest BCUT2D eigenvalue weighted by Gasteiger charge is -2.17. The third-order valence-corrected chi connectivity index (χ3v) is 5.23. The number of hydrogen-bond acceptors (Lipinski definition) is 7. The standard InChI is InChI=1S/C18H28N4O4S/c1-11(2)26-17(25)15-12(3)19-18(27-15)20-16(24)13-9-14(23)22(10-13)8-6-7-21(4)5/h11,13H,6-10H2,1-5H3,(H,19,20,24). The van der Waals surface area contributed by atoms with Gasteiger partial charge in [0.1, 0.15) is 4.88 Å². The second-order valence-corrected chi connectivity index (χ2v) is 8.27. The van der Waals surface area contributed by atoms with Crippen LogP contribution in [0.15, 0.2) is 0 Å². The highest BCUT2D eigenvalue weighted by atomic mass is 32.1. The number of nitrogens with one attached hydrogen (secondary N) is 1. The number of hydrogen-bond donors (Lipinski definition) is 1. The van der Waals surface area contributed by atoms with Gasteiger partial charge in [0.25, 0.3) is 0 Å². The van der Waals surface area contributed by atoms with Crippen LogP contribution in [0.5, 0.6) is 0 Å². The van der Waals surface area contributed by atoms with E-state index in [1.54, 1.807) is 25.7 Å². The van der Waals surface area contributed by atoms with Gasteiger partial charge in [-0.15, -0.1) is 0 Å². The highest BCUT2D eigenvalue weighted by molar-refractivity contribution is 7.17. The topological polar surface area (TPSA) is 91.8 Å². The van der Waals surface area contributed by atoms with Gasteiger partial charge in [-0.25, -0.2) is 9.78 Å². The van der Waals surface area contributed by atoms with Gasteiger partial charge in [0, 0.05) is 19.5 Å². The Morgan fingerprint density at radius 1 is 1.41 bits per heavy atom. The van der Waals surface area contributed by atoms with E-state index in [0.717, 1.165) is 24.3 Å². The number of anilines is 1. The van der Waals surface area contributed by atoms with Gasteiger partial charge in [0.2, 0.25) is 11.8 Å². The predicted molar refractivity (Wildman–Crippen MR) is 104 cm³/mol. The monoisotopic (exact) mass is 396 g/mol. The normalized spacial score (nSPS) is 17.1. The van der Waals surface area contributed by atoms with Crippen LogP contribution in [0, 0.1) is 12.8 Å². The van der Waals surface area contributed by atoms with Crippen LogP contribution in [0.4, 0.5) is 5.13 Å². The van der Waals surface area contributed by atoms with E-state index in [9.17, 15) is 14.4 Å². The lowest BCUT2D eigenvalue weighted by molar-refractivity contribution is -0.128. The molecule has 0 aromatic carbocycles. The van der Waals surface area contributed by atoms with Crippen LogP contribution in [-0.4, -0.2) is 72.4 Å². The summed E-state index contributed by atoms with van der Waals surface area (Å²) in [5.41, 5.74) is 0.522. The van der Waals surface area contributed by atoms with Crippen molar-refractivity contribution in [1.82, 2.24) is 14.8 Å². The molecule has 1 aromatic heterocycles. The minimum absolute atomic E-state index is 0.00502. The fourth-order valence-corrected chi connectivity index (χ4v) is 3.71. The molecule has 1 fully saturated rings. The number of likely N-dealkylation sites (tertiary alicyclic amines) is 1. The van der Waals surface area contributed by atoms with Crippen molar-refractivity contribution in [3.05, 3.63) is 10.6 Å². The smallest absolute Gasteiger partial charge is 0.350 e. The Bertz CT molecular complexity index is 702. The molecule has 1 aromatic rings. The summed E-state index contributed by atoms with van der Waals surface area (Å²) in [6.07, 6.45) is 0.862. The lowest BCUT2D eigenvalue weighted by Crippen LogP contribution is -2.30. The molecule has 1 aliphatic rings. The molecule has 2 rings (SSSR count). The Morgan fingerprint density at radius 3 is 2.74 bits per heavy atom. The van der Waals surface area contributed by atoms with Crippen molar-refractivity contribution in [3.63, 3.8) is 0 Å². The van der Waals surface area contributed by atoms with Gasteiger partial charge in [0.05, 0.1) is 17.7 Å². The molecule has 0 bridgehead atoms. The van der Waals surface area contributed by atoms with E-state index >= 15 is 0 Å². The largest absolute Gasteiger partial charge is 0.459 e. The van der Waals surface area contributed by atoms with Crippen molar-refractivity contribution in [2.75, 3.05) is 39.0 Å². The number of amides is 2. The maximum Gasteiger partial charge on any atom is 0.350 e. The van der Waals surface area contributed by atoms with Crippen molar-refractivity contribution in [1.29, 1.82) is 0 Å². The van der Waals surface area contributed by atoms with Crippen LogP contribution in [0.1, 0.15) is 42.1 Å². The highest BCUT2D eigenvalue weighted by Crippen LogP contribution is 2.26. The van der Waals surface area contributed by atoms with Crippen molar-refractivity contribution in [3.8, 4) is 0 Å². The molecule has 0 aliphatic carbocycles. The van der Waals surface area contributed by atoms with Gasteiger partial charge in [0.15, 0.2) is 5.13 Å². The molecule has 0 spiro atoms. The molecule has 8 nitrogen and oxygen atoms in total. The molecule has 1 saturated heterocycles. The average molecular weight is 397 g/mol. The Kier molecular flexibility index (Phi) is 7.32. The Labute approximate surface area is 163 Å². The van der Waals surface area contributed by atoms with E-state index in [1.165, 1.54) is 0 Å². The van der Waals surface area contributed by atoms with Gasteiger partial charge in [-0.3, -0.25) is 9.59 Å². The van der Waals surface area contributed by atoms with E-state index in [-0.39, 0.29) is 24.3 Å². The molecular weight excluding hydrogens is 368 g/mol. The summed E-state index contributed by atoms with van der Waals surface area (Å²) in [6, 6.07) is 0. The van der Waals surface area contributed by atoms with E-state index in [1.807, 2.05) is 14.1 Å². The molecule has 27 heavy (non-hydrogen) atoms. The van der Waals surface area contributed by atoms with Crippen molar-refractivity contribution in [2.45, 2.75) is 39.7 Å². The zero-order chi connectivity index (χ0) is 20.1. The first kappa shape index (κ1) is 21.3. The van der Waals surface area contributed by atoms with E-state index < -0.39 is 11.9 Å². The van der Waals surface area contributed by atoms with Crippen LogP contribution in [0.2, 0.25) is 0 Å². The number of carbonyl (C=O) groups is 3. The number of rotatable bonds is 8. The number of carbonyl (C=O) groups excluding carboxylic acids is 3. The predicted octanol–water partition coefficient (Wildman–Crippen LogP) is 1.76. The van der Waals surface area contributed by atoms with Crippen LogP contribution < -0.4 is 5.32 Å². The minimum atomic E-state index is -0.441. The zero-order valence-corrected chi connectivity index (χ0v) is 17.4. The van der Waals surface area contributed by atoms with Crippen LogP contribution in [0.3, 0.4) is 0 Å². The highest BCUT2D eigenvalue weighted by Gasteiger charge is 2.34. The van der Waals surface area contributed by atoms with Crippen LogP contribution in [-0.2, 0) is 14.3 Å². The molecule has 1 unspecified atom stereocenters. The Hall–Kier alpha value is -2.00. The number of ether oxygens (including phenoxy) is 1. The molecule has 0 saturated carbocycles. The van der Waals surface area contributed by atoms with Crippen LogP contribution >= 0.6 is 11.3 Å². The summed E-state index contributed by atoms with van der Waals surface area (Å²) < 4.78 is 5.18. The number of nitrogens with zero attached hydrogens (tertiary/aromatic N) is 3. The number of thiazole rings is 1. The van der Waals surface area contributed by atoms with Crippen molar-refractivity contribution in [2.24, 2.45) is 5.92 Å². The Balaban J connectivity index is 1.92. The number of aromatic nitrogens is 1. The lowest BCUT2D eigenvalue weighted by atomic mass is 10.1. The number of aryl methyl sites for hydroxylation is 1. The van der Waals surface area contributed by atoms with Gasteiger partial charge in [-0.05, 0) is 47.8 Å². The summed E-state index contributed by atoms with van der Waals surface area (Å²) in [5.74, 6) is -1.07. The summed E-state index contributed by atoms with van der Waals surface area (Å²) in [5, 5.41) is 3.10. The van der Waals surface area contributed by atoms with Crippen molar-refractivity contribution >= 4 is 34.3 Å². The van der Waals surface area contributed by atoms with E-state index in [0.29, 0.717) is 28.8 Å². The fraction of sp³-hybridized carbons (Fsp3) is 0.667. The SMILES string of the molecule is Cc1nc(NC(=O)C2CC(=O)N(CCCN(C)C)C2)sc1C(=O)OC(C)C. The first-order chi connectivity index (χ1) is 12.7. The first-order valence-corrected chi connectivity index (χ1v) is 9.90. The summed E-state index contributed by atoms with van der Waals surface area (Å²) >= 11 is 1.09. The zero-order valence-electron chi connectivity index (χ0n) is 16.6. The second kappa shape index (κ2) is 9.27. The maximum atomic E-state index is 12.5. The van der Waals surface area contributed by atoms with Gasteiger partial charge in [-0.2, -0.15) is 0 Å². The average Bonchev–Trinajstić information content (AvgIpc) is 3.09. The van der Waals surface area contributed by atoms with Gasteiger partial charge >= 0.3 is 5.97 Å². The Morgan fingerprint density at radius 2 is 2.11 bits per heavy atom. The summed E-state index contributed by atoms with van der Waals surface area (Å²) in [4.78, 5) is 45.1. The quantitative estimate of drug-likeness (QED) is 0.673. The molecule has 1 aliphatic heterocycles. The minimum Gasteiger partial charge on any atom is -0.459 e. The van der Waals surface area contributed by atoms with E-state index in [2.05, 4.69) is 15.2 Å². The molecule has 2 amide bonds. The number of esters is 1. The summed E-state index contributed by atoms with van der Waals surface area (Å²) in [7, 11) is 3.98. The molecule has 2 heterocycles. The fourth-order valence-electron chi connectivity index (χ4n) is 2.86. The molecule has 1 N–H and O–H groups in total. The van der Waals surface area contributed by atoms with Crippen LogP contribution in [0.25, 0.3) is 0 Å². The maximum absolute atomic E-state index is 12.5. The molecule has 0 radical (unpaired) electrons. The molecule has 1 atom stereocenters. The van der Waals surface area contributed by atoms with Crippen molar-refractivity contribution < 1.29 is 19.1 Å². The molecular formula is C18H28N4O4S. The van der Waals surface area contributed by atoms with E-state index in [4.69, 9.17) is 4.74 Å². The molecule has 9 heteroatoms.